The summed E-state index contributed by atoms with van der Waals surface area (Å²) in [6, 6.07) is 10.5. The quantitative estimate of drug-likeness (QED) is 0.477. The second-order valence-electron chi connectivity index (χ2n) is 8.90. The van der Waals surface area contributed by atoms with Crippen LogP contribution in [-0.2, 0) is 27.7 Å². The molecule has 1 aliphatic heterocycles. The Balaban J connectivity index is 1.45. The van der Waals surface area contributed by atoms with E-state index in [1.54, 1.807) is 38.2 Å². The molecule has 3 aromatic rings. The fraction of sp³-hybridized carbons (Fsp3) is 0.385. The summed E-state index contributed by atoms with van der Waals surface area (Å²) in [6.45, 7) is 1.97. The van der Waals surface area contributed by atoms with Crippen molar-refractivity contribution in [1.29, 1.82) is 5.26 Å². The Morgan fingerprint density at radius 1 is 1.26 bits per heavy atom. The number of nitrogens with zero attached hydrogens (tertiary/aromatic N) is 3. The van der Waals surface area contributed by atoms with E-state index in [4.69, 9.17) is 13.9 Å². The van der Waals surface area contributed by atoms with Crippen LogP contribution < -0.4 is 11.1 Å². The average molecular weight is 527 g/mol. The summed E-state index contributed by atoms with van der Waals surface area (Å²) in [5.41, 5.74) is 2.43. The van der Waals surface area contributed by atoms with Crippen LogP contribution in [0.15, 0.2) is 45.6 Å². The number of carbonyl (C=O) groups excluding carboxylic acids is 1. The van der Waals surface area contributed by atoms with Gasteiger partial charge in [0, 0.05) is 20.1 Å². The first-order chi connectivity index (χ1) is 18.2. The fourth-order valence-electron chi connectivity index (χ4n) is 4.31. The van der Waals surface area contributed by atoms with Crippen LogP contribution >= 0.6 is 0 Å². The number of rotatable bonds is 7. The van der Waals surface area contributed by atoms with Gasteiger partial charge < -0.3 is 29.2 Å². The Bertz CT molecular complexity index is 1440. The summed E-state index contributed by atoms with van der Waals surface area (Å²) in [4.78, 5) is 37.2. The second-order valence-corrected chi connectivity index (χ2v) is 8.90. The van der Waals surface area contributed by atoms with Gasteiger partial charge in [0.05, 0.1) is 37.4 Å². The van der Waals surface area contributed by atoms with E-state index in [2.05, 4.69) is 5.32 Å². The third-order valence-electron chi connectivity index (χ3n) is 6.33. The highest BCUT2D eigenvalue weighted by atomic mass is 19.1. The van der Waals surface area contributed by atoms with Gasteiger partial charge in [0.25, 0.3) is 5.91 Å². The summed E-state index contributed by atoms with van der Waals surface area (Å²) in [6.07, 6.45) is -2.99. The van der Waals surface area contributed by atoms with Crippen molar-refractivity contribution in [3.05, 3.63) is 58.3 Å². The number of benzene rings is 2. The van der Waals surface area contributed by atoms with Crippen molar-refractivity contribution < 1.29 is 33.0 Å². The van der Waals surface area contributed by atoms with Crippen molar-refractivity contribution >= 4 is 23.1 Å². The van der Waals surface area contributed by atoms with E-state index in [0.717, 1.165) is 4.90 Å². The number of amides is 2. The third kappa shape index (κ3) is 5.85. The van der Waals surface area contributed by atoms with Gasteiger partial charge in [0.2, 0.25) is 0 Å². The monoisotopic (exact) mass is 526 g/mol. The number of halogens is 1. The molecular weight excluding hydrogens is 499 g/mol. The topological polar surface area (TPSA) is 147 Å². The number of oxazole rings is 1. The van der Waals surface area contributed by atoms with Gasteiger partial charge in [-0.2, -0.15) is 5.26 Å². The van der Waals surface area contributed by atoms with E-state index >= 15 is 4.39 Å². The van der Waals surface area contributed by atoms with Crippen LogP contribution in [0.4, 0.5) is 9.18 Å². The summed E-state index contributed by atoms with van der Waals surface area (Å²) in [7, 11) is 1.58. The fourth-order valence-corrected chi connectivity index (χ4v) is 4.31. The Labute approximate surface area is 217 Å². The van der Waals surface area contributed by atoms with E-state index in [1.807, 2.05) is 6.07 Å². The van der Waals surface area contributed by atoms with Gasteiger partial charge in [-0.3, -0.25) is 9.36 Å². The summed E-state index contributed by atoms with van der Waals surface area (Å²) >= 11 is 0. The molecule has 1 aromatic heterocycles. The van der Waals surface area contributed by atoms with Gasteiger partial charge in [-0.15, -0.1) is 0 Å². The predicted molar refractivity (Wildman–Crippen MR) is 133 cm³/mol. The lowest BCUT2D eigenvalue weighted by atomic mass is 10.00. The van der Waals surface area contributed by atoms with Crippen molar-refractivity contribution in [2.75, 3.05) is 26.3 Å². The zero-order valence-electron chi connectivity index (χ0n) is 20.8. The molecule has 0 unspecified atom stereocenters. The molecule has 12 heteroatoms. The number of hydrogen-bond acceptors (Lipinski definition) is 7. The van der Waals surface area contributed by atoms with Crippen LogP contribution in [0.5, 0.6) is 0 Å². The third-order valence-corrected chi connectivity index (χ3v) is 6.33. The largest absolute Gasteiger partial charge is 0.465 e. The smallest absolute Gasteiger partial charge is 0.419 e. The summed E-state index contributed by atoms with van der Waals surface area (Å²) < 4.78 is 32.5. The van der Waals surface area contributed by atoms with E-state index in [0.29, 0.717) is 28.8 Å². The first kappa shape index (κ1) is 26.8. The van der Waals surface area contributed by atoms with Crippen molar-refractivity contribution in [3.8, 4) is 17.2 Å². The molecule has 3 atom stereocenters. The highest BCUT2D eigenvalue weighted by molar-refractivity contribution is 5.82. The zero-order chi connectivity index (χ0) is 27.4. The van der Waals surface area contributed by atoms with Gasteiger partial charge in [-0.25, -0.2) is 14.0 Å². The molecule has 2 aromatic carbocycles. The number of aromatic nitrogens is 1. The first-order valence-electron chi connectivity index (χ1n) is 12.0. The Kier molecular flexibility index (Phi) is 8.09. The molecule has 4 rings (SSSR count). The molecular formula is C26H27FN4O7. The molecule has 200 valence electrons. The normalized spacial score (nSPS) is 18.5. The van der Waals surface area contributed by atoms with Crippen molar-refractivity contribution in [2.45, 2.75) is 31.6 Å². The van der Waals surface area contributed by atoms with Crippen LogP contribution in [-0.4, -0.2) is 71.1 Å². The predicted octanol–water partition coefficient (Wildman–Crippen LogP) is 2.27. The summed E-state index contributed by atoms with van der Waals surface area (Å²) in [5, 5.41) is 21.6. The lowest BCUT2D eigenvalue weighted by Crippen LogP contribution is -2.47. The Morgan fingerprint density at radius 3 is 2.68 bits per heavy atom. The second kappa shape index (κ2) is 11.5. The van der Waals surface area contributed by atoms with E-state index < -0.39 is 41.8 Å². The maximum absolute atomic E-state index is 15.0. The van der Waals surface area contributed by atoms with Crippen LogP contribution in [0.25, 0.3) is 22.2 Å². The number of carboxylic acid groups (broad SMARTS) is 1. The molecule has 11 nitrogen and oxygen atoms in total. The number of nitriles is 1. The highest BCUT2D eigenvalue weighted by Crippen LogP contribution is 2.26. The van der Waals surface area contributed by atoms with Crippen LogP contribution in [0.3, 0.4) is 0 Å². The minimum absolute atomic E-state index is 0.0157. The van der Waals surface area contributed by atoms with Crippen LogP contribution in [0, 0.1) is 17.1 Å². The van der Waals surface area contributed by atoms with E-state index in [1.165, 1.54) is 16.7 Å². The molecule has 0 radical (unpaired) electrons. The Hall–Kier alpha value is -4.21. The SMILES string of the molecule is CCO[C@H]1CO[C@H](C(=O)N[C@H](C#N)Cc2ccc(-c3ccc4oc(=O)n(C)c4c3)cc2F)CN(C(=O)O)C1. The standard InChI is InChI=1S/C26H27FN4O7/c1-3-36-19-12-31(25(33)34)13-23(37-14-19)24(32)29-18(11-28)8-17-5-4-15(9-20(17)27)16-6-7-22-21(10-16)30(2)26(35)38-22/h4-7,9-10,18-19,23H,3,8,12-14H2,1-2H3,(H,29,32)(H,33,34)/t18-,19+,23-/m0/s1. The number of carbonyl (C=O) groups is 2. The molecule has 0 bridgehead atoms. The molecule has 1 aliphatic rings. The number of ether oxygens (including phenoxy) is 2. The average Bonchev–Trinajstić information content (AvgIpc) is 3.04. The Morgan fingerprint density at radius 2 is 2.00 bits per heavy atom. The first-order valence-corrected chi connectivity index (χ1v) is 12.0. The van der Waals surface area contributed by atoms with Crippen LogP contribution in [0.1, 0.15) is 12.5 Å². The van der Waals surface area contributed by atoms with Gasteiger partial charge in [0.15, 0.2) is 11.7 Å². The molecule has 0 aliphatic carbocycles. The van der Waals surface area contributed by atoms with Crippen molar-refractivity contribution in [1.82, 2.24) is 14.8 Å². The lowest BCUT2D eigenvalue weighted by molar-refractivity contribution is -0.134. The molecule has 0 saturated carbocycles. The van der Waals surface area contributed by atoms with Gasteiger partial charge in [0.1, 0.15) is 11.9 Å². The van der Waals surface area contributed by atoms with Crippen LogP contribution in [0.2, 0.25) is 0 Å². The maximum atomic E-state index is 15.0. The number of fused-ring (bicyclic) bond motifs is 1. The van der Waals surface area contributed by atoms with Gasteiger partial charge in [-0.05, 0) is 41.8 Å². The van der Waals surface area contributed by atoms with E-state index in [9.17, 15) is 24.8 Å². The van der Waals surface area contributed by atoms with Gasteiger partial charge in [-0.1, -0.05) is 18.2 Å². The minimum Gasteiger partial charge on any atom is -0.465 e. The van der Waals surface area contributed by atoms with Crippen molar-refractivity contribution in [3.63, 3.8) is 0 Å². The van der Waals surface area contributed by atoms with E-state index in [-0.39, 0.29) is 31.7 Å². The lowest BCUT2D eigenvalue weighted by Gasteiger charge is -2.22. The highest BCUT2D eigenvalue weighted by Gasteiger charge is 2.32. The molecule has 1 saturated heterocycles. The molecule has 2 N–H and O–H groups in total. The number of aryl methyl sites for hydroxylation is 1. The van der Waals surface area contributed by atoms with Gasteiger partial charge >= 0.3 is 11.8 Å². The summed E-state index contributed by atoms with van der Waals surface area (Å²) in [5.74, 6) is -1.74. The molecule has 0 spiro atoms. The minimum atomic E-state index is -1.22. The van der Waals surface area contributed by atoms with Crippen molar-refractivity contribution in [2.24, 2.45) is 7.05 Å². The molecule has 1 fully saturated rings. The zero-order valence-corrected chi connectivity index (χ0v) is 20.8. The number of hydrogen-bond donors (Lipinski definition) is 2. The molecule has 2 heterocycles. The molecule has 38 heavy (non-hydrogen) atoms. The molecule has 2 amide bonds. The number of nitrogens with one attached hydrogen (secondary N) is 1. The maximum Gasteiger partial charge on any atom is 0.419 e.